The highest BCUT2D eigenvalue weighted by Gasteiger charge is 2.41. The van der Waals surface area contributed by atoms with Gasteiger partial charge in [-0.2, -0.15) is 0 Å². The summed E-state index contributed by atoms with van der Waals surface area (Å²) in [7, 11) is -9.08. The lowest BCUT2D eigenvalue weighted by Gasteiger charge is -2.22. The van der Waals surface area contributed by atoms with Gasteiger partial charge in [0, 0.05) is 12.5 Å². The number of amides is 2. The molecule has 1 aliphatic rings. The maximum absolute atomic E-state index is 12.6. The number of aryl methyl sites for hydroxylation is 1. The molecule has 39 heavy (non-hydrogen) atoms. The molecule has 16 nitrogen and oxygen atoms in total. The van der Waals surface area contributed by atoms with Gasteiger partial charge in [-0.05, 0) is 39.3 Å². The molecule has 1 aliphatic heterocycles. The number of rotatable bonds is 14. The molecule has 1 fully saturated rings. The summed E-state index contributed by atoms with van der Waals surface area (Å²) >= 11 is 0.692. The van der Waals surface area contributed by atoms with Crippen molar-refractivity contribution in [3.63, 3.8) is 0 Å². The van der Waals surface area contributed by atoms with Crippen LogP contribution in [0.15, 0.2) is 18.2 Å². The third kappa shape index (κ3) is 11.1. The van der Waals surface area contributed by atoms with Gasteiger partial charge in [0.15, 0.2) is 0 Å². The van der Waals surface area contributed by atoms with Crippen molar-refractivity contribution in [1.29, 1.82) is 0 Å². The molecule has 0 bridgehead atoms. The summed E-state index contributed by atoms with van der Waals surface area (Å²) in [6.07, 6.45) is -0.338. The van der Waals surface area contributed by atoms with E-state index in [1.165, 1.54) is 39.0 Å². The van der Waals surface area contributed by atoms with Crippen molar-refractivity contribution in [3.05, 3.63) is 33.9 Å². The number of imide groups is 1. The van der Waals surface area contributed by atoms with Crippen LogP contribution in [0.3, 0.4) is 0 Å². The SMILES string of the molecule is Cc1ccc(OC(=O)CN2C(=O)CC(SCOP(=O)(O)OCCOP(=O)(O)OC(C)(C)C)C2=O)c([N+](=O)[O-])c1. The van der Waals surface area contributed by atoms with Crippen LogP contribution in [-0.4, -0.2) is 73.9 Å². The van der Waals surface area contributed by atoms with Crippen LogP contribution in [0, 0.1) is 17.0 Å². The summed E-state index contributed by atoms with van der Waals surface area (Å²) in [5.41, 5.74) is -0.880. The molecule has 2 N–H and O–H groups in total. The van der Waals surface area contributed by atoms with E-state index in [4.69, 9.17) is 13.8 Å². The predicted octanol–water partition coefficient (Wildman–Crippen LogP) is 2.69. The molecule has 1 aromatic carbocycles. The lowest BCUT2D eigenvalue weighted by Crippen LogP contribution is -2.37. The minimum atomic E-state index is -4.65. The van der Waals surface area contributed by atoms with E-state index in [2.05, 4.69) is 9.05 Å². The monoisotopic (exact) mass is 614 g/mol. The van der Waals surface area contributed by atoms with Crippen molar-refractivity contribution < 1.29 is 61.1 Å². The molecule has 3 unspecified atom stereocenters. The fraction of sp³-hybridized carbons (Fsp3) is 0.550. The standard InChI is InChI=1S/C20H28N2O14P2S/c1-13-5-6-15(14(9-13)22(26)27)35-18(24)11-21-17(23)10-16(19(21)25)39-12-34-37(28,29)32-7-8-33-38(30,31)36-20(2,3)4/h5-6,9,16H,7-8,10-12H2,1-4H3,(H,28,29)(H,30,31). The van der Waals surface area contributed by atoms with E-state index in [1.54, 1.807) is 6.92 Å². The minimum Gasteiger partial charge on any atom is -0.418 e. The number of hydrogen-bond acceptors (Lipinski definition) is 13. The number of benzene rings is 1. The molecular formula is C20H28N2O14P2S. The zero-order valence-corrected chi connectivity index (χ0v) is 23.9. The van der Waals surface area contributed by atoms with Crippen molar-refractivity contribution >= 4 is 50.9 Å². The highest BCUT2D eigenvalue weighted by atomic mass is 32.2. The molecule has 1 saturated heterocycles. The summed E-state index contributed by atoms with van der Waals surface area (Å²) in [6, 6.07) is 3.90. The van der Waals surface area contributed by atoms with Crippen LogP contribution in [0.25, 0.3) is 0 Å². The van der Waals surface area contributed by atoms with E-state index < -0.39 is 80.6 Å². The van der Waals surface area contributed by atoms with E-state index in [1.807, 2.05) is 0 Å². The number of carbonyl (C=O) groups is 3. The highest BCUT2D eigenvalue weighted by Crippen LogP contribution is 2.48. The van der Waals surface area contributed by atoms with Crippen LogP contribution in [0.1, 0.15) is 32.8 Å². The van der Waals surface area contributed by atoms with Gasteiger partial charge in [-0.25, -0.2) is 13.9 Å². The Hall–Kier alpha value is -2.20. The average Bonchev–Trinajstić information content (AvgIpc) is 3.03. The molecule has 0 saturated carbocycles. The Kier molecular flexibility index (Phi) is 11.4. The van der Waals surface area contributed by atoms with E-state index in [0.29, 0.717) is 22.2 Å². The number of carbonyl (C=O) groups excluding carboxylic acids is 3. The number of phosphoric ester groups is 2. The first-order chi connectivity index (χ1) is 17.9. The second kappa shape index (κ2) is 13.4. The maximum atomic E-state index is 12.6. The highest BCUT2D eigenvalue weighted by molar-refractivity contribution is 8.00. The van der Waals surface area contributed by atoms with Gasteiger partial charge in [0.05, 0.1) is 29.0 Å². The van der Waals surface area contributed by atoms with Crippen LogP contribution in [0.2, 0.25) is 0 Å². The first-order valence-corrected chi connectivity index (χ1v) is 15.1. The van der Waals surface area contributed by atoms with Gasteiger partial charge in [-0.15, -0.1) is 11.8 Å². The molecule has 19 heteroatoms. The third-order valence-corrected chi connectivity index (χ3v) is 7.94. The van der Waals surface area contributed by atoms with E-state index in [-0.39, 0.29) is 12.2 Å². The van der Waals surface area contributed by atoms with Crippen molar-refractivity contribution in [2.45, 2.75) is 45.0 Å². The molecule has 1 heterocycles. The molecule has 2 amide bonds. The van der Waals surface area contributed by atoms with E-state index in [9.17, 15) is 43.4 Å². The Morgan fingerprint density at radius 3 is 2.36 bits per heavy atom. The van der Waals surface area contributed by atoms with Gasteiger partial charge in [-0.3, -0.25) is 42.7 Å². The fourth-order valence-corrected chi connectivity index (χ4v) is 5.88. The van der Waals surface area contributed by atoms with Gasteiger partial charge in [0.25, 0.3) is 0 Å². The molecule has 1 aromatic rings. The van der Waals surface area contributed by atoms with Crippen LogP contribution in [0.5, 0.6) is 5.75 Å². The first-order valence-electron chi connectivity index (χ1n) is 11.1. The predicted molar refractivity (Wildman–Crippen MR) is 135 cm³/mol. The third-order valence-electron chi connectivity index (χ3n) is 4.49. The molecule has 0 radical (unpaired) electrons. The zero-order valence-electron chi connectivity index (χ0n) is 21.3. The van der Waals surface area contributed by atoms with Gasteiger partial charge in [-0.1, -0.05) is 6.07 Å². The molecule has 0 aromatic heterocycles. The zero-order chi connectivity index (χ0) is 29.6. The van der Waals surface area contributed by atoms with Gasteiger partial charge >= 0.3 is 27.3 Å². The lowest BCUT2D eigenvalue weighted by atomic mass is 10.2. The van der Waals surface area contributed by atoms with E-state index in [0.717, 1.165) is 0 Å². The van der Waals surface area contributed by atoms with Crippen molar-refractivity contribution in [2.24, 2.45) is 0 Å². The maximum Gasteiger partial charge on any atom is 0.473 e. The number of phosphoric acid groups is 2. The molecule has 0 aliphatic carbocycles. The lowest BCUT2D eigenvalue weighted by molar-refractivity contribution is -0.385. The normalized spacial score (nSPS) is 19.0. The molecule has 218 valence electrons. The largest absolute Gasteiger partial charge is 0.473 e. The average molecular weight is 614 g/mol. The number of nitrogens with zero attached hydrogens (tertiary/aromatic N) is 2. The number of hydrogen-bond donors (Lipinski definition) is 2. The van der Waals surface area contributed by atoms with Crippen LogP contribution < -0.4 is 4.74 Å². The summed E-state index contributed by atoms with van der Waals surface area (Å²) in [5, 5.41) is 10.1. The van der Waals surface area contributed by atoms with Crippen molar-refractivity contribution in [2.75, 3.05) is 25.7 Å². The summed E-state index contributed by atoms with van der Waals surface area (Å²) in [6.45, 7) is 4.21. The topological polar surface area (TPSA) is 218 Å². The van der Waals surface area contributed by atoms with Gasteiger partial charge in [0.1, 0.15) is 12.5 Å². The Morgan fingerprint density at radius 2 is 1.77 bits per heavy atom. The quantitative estimate of drug-likeness (QED) is 0.0450. The Bertz CT molecular complexity index is 1200. The summed E-state index contributed by atoms with van der Waals surface area (Å²) in [4.78, 5) is 67.4. The summed E-state index contributed by atoms with van der Waals surface area (Å²) in [5.74, 6) is -3.50. The molecular weight excluding hydrogens is 586 g/mol. The van der Waals surface area contributed by atoms with Crippen LogP contribution in [0.4, 0.5) is 5.69 Å². The van der Waals surface area contributed by atoms with Crippen LogP contribution in [-0.2, 0) is 41.6 Å². The second-order valence-electron chi connectivity index (χ2n) is 8.93. The van der Waals surface area contributed by atoms with Crippen molar-refractivity contribution in [3.8, 4) is 5.75 Å². The molecule has 3 atom stereocenters. The Morgan fingerprint density at radius 1 is 1.15 bits per heavy atom. The van der Waals surface area contributed by atoms with Gasteiger partial charge in [0.2, 0.25) is 17.6 Å². The second-order valence-corrected chi connectivity index (χ2v) is 12.9. The first kappa shape index (κ1) is 33.0. The number of esters is 1. The smallest absolute Gasteiger partial charge is 0.418 e. The summed E-state index contributed by atoms with van der Waals surface area (Å²) < 4.78 is 47.5. The fourth-order valence-electron chi connectivity index (χ4n) is 2.98. The number of ether oxygens (including phenoxy) is 1. The molecule has 2 rings (SSSR count). The van der Waals surface area contributed by atoms with Crippen molar-refractivity contribution in [1.82, 2.24) is 4.90 Å². The number of likely N-dealkylation sites (tertiary alicyclic amines) is 1. The number of nitro benzene ring substituents is 1. The van der Waals surface area contributed by atoms with E-state index >= 15 is 0 Å². The minimum absolute atomic E-state index is 0.338. The van der Waals surface area contributed by atoms with Gasteiger partial charge < -0.3 is 14.5 Å². The number of thioether (sulfide) groups is 1. The Balaban J connectivity index is 1.80. The van der Waals surface area contributed by atoms with Crippen LogP contribution >= 0.6 is 27.4 Å². The number of nitro groups is 1. The Labute approximate surface area is 227 Å². The molecule has 0 spiro atoms.